The van der Waals surface area contributed by atoms with Crippen molar-refractivity contribution in [2.75, 3.05) is 0 Å². The van der Waals surface area contributed by atoms with E-state index in [0.717, 1.165) is 29.7 Å². The van der Waals surface area contributed by atoms with Crippen LogP contribution in [0.15, 0.2) is 36.8 Å². The second kappa shape index (κ2) is 4.18. The summed E-state index contributed by atoms with van der Waals surface area (Å²) in [7, 11) is 0. The van der Waals surface area contributed by atoms with E-state index in [1.54, 1.807) is 12.5 Å². The van der Waals surface area contributed by atoms with Crippen LogP contribution in [0.4, 0.5) is 0 Å². The molecule has 1 unspecified atom stereocenters. The molecule has 2 heterocycles. The number of carbonyl (C=O) groups excluding carboxylic acids is 1. The quantitative estimate of drug-likeness (QED) is 0.825. The van der Waals surface area contributed by atoms with E-state index >= 15 is 0 Å². The van der Waals surface area contributed by atoms with Crippen LogP contribution >= 0.6 is 0 Å². The normalized spacial score (nSPS) is 21.1. The molecule has 5 heteroatoms. The van der Waals surface area contributed by atoms with Gasteiger partial charge in [-0.1, -0.05) is 24.3 Å². The largest absolute Gasteiger partial charge is 0.371 e. The maximum atomic E-state index is 11.8. The van der Waals surface area contributed by atoms with E-state index in [-0.39, 0.29) is 17.9 Å². The summed E-state index contributed by atoms with van der Waals surface area (Å²) < 4.78 is 1.92. The lowest BCUT2D eigenvalue weighted by Crippen LogP contribution is -2.41. The monoisotopic (exact) mass is 269 g/mol. The Kier molecular flexibility index (Phi) is 2.44. The maximum Gasteiger partial charge on any atom is 0.225 e. The van der Waals surface area contributed by atoms with Gasteiger partial charge in [-0.3, -0.25) is 4.79 Å². The van der Waals surface area contributed by atoms with Crippen LogP contribution in [-0.4, -0.2) is 26.8 Å². The molecule has 1 saturated carbocycles. The van der Waals surface area contributed by atoms with E-state index in [2.05, 4.69) is 10.3 Å². The first-order chi connectivity index (χ1) is 9.75. The van der Waals surface area contributed by atoms with Gasteiger partial charge in [0.2, 0.25) is 5.91 Å². The smallest absolute Gasteiger partial charge is 0.225 e. The SMILES string of the molecule is O=C(NC(O)[C@H]1c2ccccc2-c2cncn21)C1CC1. The maximum absolute atomic E-state index is 11.8. The molecule has 1 aliphatic carbocycles. The Morgan fingerprint density at radius 3 is 3.00 bits per heavy atom. The molecule has 2 aliphatic rings. The molecule has 102 valence electrons. The van der Waals surface area contributed by atoms with Gasteiger partial charge in [-0.2, -0.15) is 0 Å². The molecule has 1 aromatic heterocycles. The number of aliphatic hydroxyl groups excluding tert-OH is 1. The molecule has 2 aromatic rings. The number of fused-ring (bicyclic) bond motifs is 3. The number of rotatable bonds is 3. The van der Waals surface area contributed by atoms with Crippen LogP contribution in [0.25, 0.3) is 11.3 Å². The summed E-state index contributed by atoms with van der Waals surface area (Å²) in [5, 5.41) is 13.2. The number of hydrogen-bond donors (Lipinski definition) is 2. The Morgan fingerprint density at radius 1 is 1.40 bits per heavy atom. The molecule has 0 spiro atoms. The Labute approximate surface area is 116 Å². The van der Waals surface area contributed by atoms with Crippen LogP contribution < -0.4 is 5.32 Å². The third kappa shape index (κ3) is 1.67. The third-order valence-electron chi connectivity index (χ3n) is 4.06. The molecule has 1 amide bonds. The van der Waals surface area contributed by atoms with E-state index in [4.69, 9.17) is 0 Å². The molecular weight excluding hydrogens is 254 g/mol. The first kappa shape index (κ1) is 11.7. The van der Waals surface area contributed by atoms with E-state index in [9.17, 15) is 9.90 Å². The molecule has 1 fully saturated rings. The number of amides is 1. The fourth-order valence-electron chi connectivity index (χ4n) is 2.88. The van der Waals surface area contributed by atoms with Gasteiger partial charge in [-0.25, -0.2) is 4.98 Å². The molecule has 0 bridgehead atoms. The van der Waals surface area contributed by atoms with Gasteiger partial charge in [0, 0.05) is 11.5 Å². The zero-order chi connectivity index (χ0) is 13.7. The molecule has 1 aromatic carbocycles. The van der Waals surface area contributed by atoms with Crippen molar-refractivity contribution in [1.29, 1.82) is 0 Å². The number of nitrogens with zero attached hydrogens (tertiary/aromatic N) is 2. The van der Waals surface area contributed by atoms with Gasteiger partial charge in [0.05, 0.1) is 18.2 Å². The Morgan fingerprint density at radius 2 is 2.20 bits per heavy atom. The third-order valence-corrected chi connectivity index (χ3v) is 4.06. The van der Waals surface area contributed by atoms with Gasteiger partial charge in [0.1, 0.15) is 6.04 Å². The molecule has 1 aliphatic heterocycles. The zero-order valence-corrected chi connectivity index (χ0v) is 10.9. The van der Waals surface area contributed by atoms with Crippen LogP contribution in [0, 0.1) is 5.92 Å². The first-order valence-corrected chi connectivity index (χ1v) is 6.85. The van der Waals surface area contributed by atoms with Crippen molar-refractivity contribution in [2.45, 2.75) is 25.1 Å². The summed E-state index contributed by atoms with van der Waals surface area (Å²) in [4.78, 5) is 16.0. The second-order valence-electron chi connectivity index (χ2n) is 5.45. The fourth-order valence-corrected chi connectivity index (χ4v) is 2.88. The number of benzene rings is 1. The van der Waals surface area contributed by atoms with E-state index < -0.39 is 6.23 Å². The molecule has 2 atom stereocenters. The van der Waals surface area contributed by atoms with Crippen molar-refractivity contribution in [3.05, 3.63) is 42.4 Å². The second-order valence-corrected chi connectivity index (χ2v) is 5.45. The first-order valence-electron chi connectivity index (χ1n) is 6.85. The molecular formula is C15H15N3O2. The average molecular weight is 269 g/mol. The topological polar surface area (TPSA) is 67.2 Å². The summed E-state index contributed by atoms with van der Waals surface area (Å²) in [5.41, 5.74) is 3.06. The fraction of sp³-hybridized carbons (Fsp3) is 0.333. The van der Waals surface area contributed by atoms with Gasteiger partial charge >= 0.3 is 0 Å². The van der Waals surface area contributed by atoms with Crippen LogP contribution in [0.2, 0.25) is 0 Å². The highest BCUT2D eigenvalue weighted by Crippen LogP contribution is 2.40. The molecule has 5 nitrogen and oxygen atoms in total. The summed E-state index contributed by atoms with van der Waals surface area (Å²) in [5.74, 6) is 0.0344. The van der Waals surface area contributed by atoms with Crippen molar-refractivity contribution in [1.82, 2.24) is 14.9 Å². The predicted octanol–water partition coefficient (Wildman–Crippen LogP) is 1.30. The van der Waals surface area contributed by atoms with E-state index in [0.29, 0.717) is 0 Å². The highest BCUT2D eigenvalue weighted by atomic mass is 16.3. The summed E-state index contributed by atoms with van der Waals surface area (Å²) >= 11 is 0. The minimum atomic E-state index is -0.931. The summed E-state index contributed by atoms with van der Waals surface area (Å²) in [6.45, 7) is 0. The van der Waals surface area contributed by atoms with Crippen LogP contribution in [-0.2, 0) is 4.79 Å². The molecule has 2 N–H and O–H groups in total. The summed E-state index contributed by atoms with van der Waals surface area (Å²) in [6.07, 6.45) is 4.41. The van der Waals surface area contributed by atoms with Crippen molar-refractivity contribution < 1.29 is 9.90 Å². The van der Waals surface area contributed by atoms with Gasteiger partial charge in [0.25, 0.3) is 0 Å². The number of imidazole rings is 1. The van der Waals surface area contributed by atoms with Crippen molar-refractivity contribution in [3.8, 4) is 11.3 Å². The van der Waals surface area contributed by atoms with E-state index in [1.165, 1.54) is 0 Å². The van der Waals surface area contributed by atoms with Crippen LogP contribution in [0.5, 0.6) is 0 Å². The van der Waals surface area contributed by atoms with Crippen LogP contribution in [0.3, 0.4) is 0 Å². The van der Waals surface area contributed by atoms with Crippen molar-refractivity contribution >= 4 is 5.91 Å². The molecule has 20 heavy (non-hydrogen) atoms. The Bertz CT molecular complexity index is 675. The Balaban J connectivity index is 1.69. The van der Waals surface area contributed by atoms with Crippen LogP contribution in [0.1, 0.15) is 24.4 Å². The molecule has 0 radical (unpaired) electrons. The van der Waals surface area contributed by atoms with Gasteiger partial charge in [-0.05, 0) is 18.4 Å². The average Bonchev–Trinajstić information content (AvgIpc) is 3.11. The van der Waals surface area contributed by atoms with Gasteiger partial charge in [-0.15, -0.1) is 0 Å². The number of carbonyl (C=O) groups is 1. The standard InChI is InChI=1S/C15H15N3O2/c19-14(9-5-6-9)17-15(20)13-11-4-2-1-3-10(11)12-7-16-8-18(12)13/h1-4,7-9,13,15,20H,5-6H2,(H,17,19)/t13-,15?/m1/s1. The minimum Gasteiger partial charge on any atom is -0.371 e. The lowest BCUT2D eigenvalue weighted by Gasteiger charge is -2.22. The van der Waals surface area contributed by atoms with Crippen molar-refractivity contribution in [2.24, 2.45) is 5.92 Å². The molecule has 0 saturated heterocycles. The minimum absolute atomic E-state index is 0.0523. The predicted molar refractivity (Wildman–Crippen MR) is 72.7 cm³/mol. The Hall–Kier alpha value is -2.14. The van der Waals surface area contributed by atoms with Gasteiger partial charge < -0.3 is 15.0 Å². The number of hydrogen-bond acceptors (Lipinski definition) is 3. The van der Waals surface area contributed by atoms with E-state index in [1.807, 2.05) is 28.8 Å². The molecule has 4 rings (SSSR count). The number of aromatic nitrogens is 2. The number of nitrogens with one attached hydrogen (secondary N) is 1. The summed E-state index contributed by atoms with van der Waals surface area (Å²) in [6, 6.07) is 7.61. The number of aliphatic hydroxyl groups is 1. The van der Waals surface area contributed by atoms with Gasteiger partial charge in [0.15, 0.2) is 6.23 Å². The lowest BCUT2D eigenvalue weighted by atomic mass is 10.0. The highest BCUT2D eigenvalue weighted by molar-refractivity contribution is 5.81. The van der Waals surface area contributed by atoms with Crippen molar-refractivity contribution in [3.63, 3.8) is 0 Å². The zero-order valence-electron chi connectivity index (χ0n) is 10.9. The highest BCUT2D eigenvalue weighted by Gasteiger charge is 2.37. The lowest BCUT2D eigenvalue weighted by molar-refractivity contribution is -0.125.